The number of carbonyl (C=O) groups excluding carboxylic acids is 1. The highest BCUT2D eigenvalue weighted by molar-refractivity contribution is 5.95. The molecule has 0 aliphatic rings. The van der Waals surface area contributed by atoms with E-state index >= 15 is 0 Å². The van der Waals surface area contributed by atoms with Crippen LogP contribution >= 0.6 is 0 Å². The number of rotatable bonds is 7. The minimum atomic E-state index is -0.849. The number of methoxy groups -OCH3 is 1. The minimum Gasteiger partial charge on any atom is -0.497 e. The van der Waals surface area contributed by atoms with Gasteiger partial charge >= 0.3 is 5.97 Å². The van der Waals surface area contributed by atoms with Gasteiger partial charge < -0.3 is 19.3 Å². The molecule has 6 nitrogen and oxygen atoms in total. The van der Waals surface area contributed by atoms with Crippen molar-refractivity contribution in [3.63, 3.8) is 0 Å². The van der Waals surface area contributed by atoms with Gasteiger partial charge in [-0.25, -0.2) is 0 Å². The SMILES string of the molecule is COc1ccc(-n2c(C)cc(C(=O)N(C)CCCC(=O)O)c2C)cc1. The summed E-state index contributed by atoms with van der Waals surface area (Å²) in [6, 6.07) is 9.53. The predicted octanol–water partition coefficient (Wildman–Crippen LogP) is 3.04. The summed E-state index contributed by atoms with van der Waals surface area (Å²) in [5, 5.41) is 8.71. The molecule has 2 rings (SSSR count). The Morgan fingerprint density at radius 2 is 1.84 bits per heavy atom. The Morgan fingerprint density at radius 1 is 1.20 bits per heavy atom. The average Bonchev–Trinajstić information content (AvgIpc) is 2.88. The van der Waals surface area contributed by atoms with E-state index in [0.29, 0.717) is 18.5 Å². The molecule has 0 bridgehead atoms. The number of aromatic nitrogens is 1. The maximum Gasteiger partial charge on any atom is 0.303 e. The van der Waals surface area contributed by atoms with Crippen molar-refractivity contribution in [3.05, 3.63) is 47.3 Å². The highest BCUT2D eigenvalue weighted by Gasteiger charge is 2.19. The topological polar surface area (TPSA) is 71.8 Å². The molecule has 0 aliphatic carbocycles. The fourth-order valence-corrected chi connectivity index (χ4v) is 2.88. The molecule has 1 aromatic carbocycles. The summed E-state index contributed by atoms with van der Waals surface area (Å²) in [6.45, 7) is 4.28. The van der Waals surface area contributed by atoms with Crippen molar-refractivity contribution in [2.45, 2.75) is 26.7 Å². The van der Waals surface area contributed by atoms with Gasteiger partial charge in [0.25, 0.3) is 5.91 Å². The van der Waals surface area contributed by atoms with E-state index in [1.807, 2.05) is 48.7 Å². The lowest BCUT2D eigenvalue weighted by Gasteiger charge is -2.17. The lowest BCUT2D eigenvalue weighted by molar-refractivity contribution is -0.137. The van der Waals surface area contributed by atoms with Crippen molar-refractivity contribution in [1.82, 2.24) is 9.47 Å². The fourth-order valence-electron chi connectivity index (χ4n) is 2.88. The zero-order valence-corrected chi connectivity index (χ0v) is 15.1. The maximum atomic E-state index is 12.7. The zero-order chi connectivity index (χ0) is 18.6. The molecule has 6 heteroatoms. The van der Waals surface area contributed by atoms with Crippen molar-refractivity contribution in [2.75, 3.05) is 20.7 Å². The Labute approximate surface area is 147 Å². The van der Waals surface area contributed by atoms with E-state index in [1.165, 1.54) is 0 Å². The van der Waals surface area contributed by atoms with Crippen LogP contribution in [0.2, 0.25) is 0 Å². The van der Waals surface area contributed by atoms with E-state index in [4.69, 9.17) is 9.84 Å². The van der Waals surface area contributed by atoms with E-state index in [2.05, 4.69) is 0 Å². The van der Waals surface area contributed by atoms with Crippen LogP contribution < -0.4 is 4.74 Å². The summed E-state index contributed by atoms with van der Waals surface area (Å²) in [5.74, 6) is -0.169. The molecule has 0 radical (unpaired) electrons. The molecule has 25 heavy (non-hydrogen) atoms. The third-order valence-corrected chi connectivity index (χ3v) is 4.22. The number of aryl methyl sites for hydroxylation is 1. The Balaban J connectivity index is 2.22. The Bertz CT molecular complexity index is 762. The Kier molecular flexibility index (Phi) is 5.85. The highest BCUT2D eigenvalue weighted by atomic mass is 16.5. The third-order valence-electron chi connectivity index (χ3n) is 4.22. The molecule has 1 aromatic heterocycles. The first-order valence-electron chi connectivity index (χ1n) is 8.15. The molecule has 1 amide bonds. The molecule has 0 aliphatic heterocycles. The second-order valence-corrected chi connectivity index (χ2v) is 6.04. The van der Waals surface area contributed by atoms with Crippen LogP contribution in [0.4, 0.5) is 0 Å². The van der Waals surface area contributed by atoms with Crippen LogP contribution in [0.25, 0.3) is 5.69 Å². The van der Waals surface area contributed by atoms with Crippen molar-refractivity contribution >= 4 is 11.9 Å². The summed E-state index contributed by atoms with van der Waals surface area (Å²) < 4.78 is 7.21. The summed E-state index contributed by atoms with van der Waals surface area (Å²) >= 11 is 0. The number of hydrogen-bond acceptors (Lipinski definition) is 3. The largest absolute Gasteiger partial charge is 0.497 e. The first kappa shape index (κ1) is 18.6. The van der Waals surface area contributed by atoms with Gasteiger partial charge in [-0.2, -0.15) is 0 Å². The fraction of sp³-hybridized carbons (Fsp3) is 0.368. The number of ether oxygens (including phenoxy) is 1. The Morgan fingerprint density at radius 3 is 2.40 bits per heavy atom. The molecule has 0 saturated heterocycles. The van der Waals surface area contributed by atoms with Crippen LogP contribution in [0.3, 0.4) is 0 Å². The quantitative estimate of drug-likeness (QED) is 0.838. The molecule has 0 unspecified atom stereocenters. The number of benzene rings is 1. The molecule has 0 fully saturated rings. The van der Waals surface area contributed by atoms with Crippen LogP contribution in [0, 0.1) is 13.8 Å². The molecular formula is C19H24N2O4. The van der Waals surface area contributed by atoms with Gasteiger partial charge in [-0.15, -0.1) is 0 Å². The predicted molar refractivity (Wildman–Crippen MR) is 95.6 cm³/mol. The molecule has 134 valence electrons. The lowest BCUT2D eigenvalue weighted by Crippen LogP contribution is -2.28. The smallest absolute Gasteiger partial charge is 0.303 e. The number of hydrogen-bond donors (Lipinski definition) is 1. The summed E-state index contributed by atoms with van der Waals surface area (Å²) in [4.78, 5) is 24.9. The molecule has 0 saturated carbocycles. The normalized spacial score (nSPS) is 10.6. The minimum absolute atomic E-state index is 0.0580. The standard InChI is InChI=1S/C19H24N2O4/c1-13-12-17(19(24)20(3)11-5-6-18(22)23)14(2)21(13)15-7-9-16(25-4)10-8-15/h7-10,12H,5-6,11H2,1-4H3,(H,22,23). The van der Waals surface area contributed by atoms with E-state index in [-0.39, 0.29) is 12.3 Å². The lowest BCUT2D eigenvalue weighted by atomic mass is 10.2. The van der Waals surface area contributed by atoms with Gasteiger partial charge in [0.15, 0.2) is 0 Å². The van der Waals surface area contributed by atoms with Crippen LogP contribution in [-0.4, -0.2) is 47.2 Å². The van der Waals surface area contributed by atoms with Gasteiger partial charge in [-0.05, 0) is 50.6 Å². The second-order valence-electron chi connectivity index (χ2n) is 6.04. The van der Waals surface area contributed by atoms with Crippen molar-refractivity contribution in [1.29, 1.82) is 0 Å². The van der Waals surface area contributed by atoms with Gasteiger partial charge in [0.05, 0.1) is 12.7 Å². The summed E-state index contributed by atoms with van der Waals surface area (Å²) in [7, 11) is 3.32. The van der Waals surface area contributed by atoms with Crippen molar-refractivity contribution in [3.8, 4) is 11.4 Å². The van der Waals surface area contributed by atoms with Gasteiger partial charge in [0, 0.05) is 37.1 Å². The first-order chi connectivity index (χ1) is 11.8. The van der Waals surface area contributed by atoms with E-state index in [9.17, 15) is 9.59 Å². The van der Waals surface area contributed by atoms with Crippen molar-refractivity contribution in [2.24, 2.45) is 0 Å². The molecule has 0 atom stereocenters. The zero-order valence-electron chi connectivity index (χ0n) is 15.1. The highest BCUT2D eigenvalue weighted by Crippen LogP contribution is 2.23. The van der Waals surface area contributed by atoms with Crippen LogP contribution in [0.5, 0.6) is 5.75 Å². The van der Waals surface area contributed by atoms with Crippen LogP contribution in [0.1, 0.15) is 34.6 Å². The maximum absolute atomic E-state index is 12.7. The van der Waals surface area contributed by atoms with E-state index in [0.717, 1.165) is 22.8 Å². The molecular weight excluding hydrogens is 320 g/mol. The number of nitrogens with zero attached hydrogens (tertiary/aromatic N) is 2. The Hall–Kier alpha value is -2.76. The molecule has 1 heterocycles. The van der Waals surface area contributed by atoms with Crippen LogP contribution in [0.15, 0.2) is 30.3 Å². The third kappa shape index (κ3) is 4.21. The molecule has 1 N–H and O–H groups in total. The first-order valence-corrected chi connectivity index (χ1v) is 8.15. The van der Waals surface area contributed by atoms with Crippen LogP contribution in [-0.2, 0) is 4.79 Å². The van der Waals surface area contributed by atoms with Gasteiger partial charge in [0.1, 0.15) is 5.75 Å². The summed E-state index contributed by atoms with van der Waals surface area (Å²) in [5.41, 5.74) is 3.41. The number of amides is 1. The van der Waals surface area contributed by atoms with E-state index < -0.39 is 5.97 Å². The molecule has 2 aromatic rings. The number of aliphatic carboxylic acids is 1. The number of carboxylic acid groups (broad SMARTS) is 1. The second kappa shape index (κ2) is 7.88. The van der Waals surface area contributed by atoms with Gasteiger partial charge in [-0.3, -0.25) is 9.59 Å². The number of carboxylic acids is 1. The molecule has 0 spiro atoms. The summed E-state index contributed by atoms with van der Waals surface area (Å²) in [6.07, 6.45) is 0.497. The number of carbonyl (C=O) groups is 2. The van der Waals surface area contributed by atoms with E-state index in [1.54, 1.807) is 19.1 Å². The van der Waals surface area contributed by atoms with Gasteiger partial charge in [0.2, 0.25) is 0 Å². The monoisotopic (exact) mass is 344 g/mol. The average molecular weight is 344 g/mol. The van der Waals surface area contributed by atoms with Crippen molar-refractivity contribution < 1.29 is 19.4 Å². The van der Waals surface area contributed by atoms with Gasteiger partial charge in [-0.1, -0.05) is 0 Å².